The molecule has 2 atom stereocenters. The molecule has 0 radical (unpaired) electrons. The predicted molar refractivity (Wildman–Crippen MR) is 76.1 cm³/mol. The van der Waals surface area contributed by atoms with Gasteiger partial charge in [0, 0.05) is 11.0 Å². The summed E-state index contributed by atoms with van der Waals surface area (Å²) in [6, 6.07) is 0. The Morgan fingerprint density at radius 2 is 2.19 bits per heavy atom. The highest BCUT2D eigenvalue weighted by Gasteiger charge is 2.19. The molecule has 0 N–H and O–H groups in total. The second-order valence-corrected chi connectivity index (χ2v) is 5.61. The molecule has 1 rings (SSSR count). The van der Waals surface area contributed by atoms with Gasteiger partial charge in [-0.2, -0.15) is 0 Å². The zero-order valence-corrected chi connectivity index (χ0v) is 12.6. The lowest BCUT2D eigenvalue weighted by molar-refractivity contribution is -0.189. The summed E-state index contributed by atoms with van der Waals surface area (Å²) in [7, 11) is 0. The maximum atomic E-state index is 6.05. The van der Waals surface area contributed by atoms with Crippen molar-refractivity contribution in [2.24, 2.45) is 0 Å². The van der Waals surface area contributed by atoms with E-state index in [0.717, 1.165) is 13.0 Å². The van der Waals surface area contributed by atoms with Gasteiger partial charge in [-0.15, -0.1) is 0 Å². The second-order valence-electron chi connectivity index (χ2n) is 4.53. The zero-order valence-electron chi connectivity index (χ0n) is 10.4. The van der Waals surface area contributed by atoms with E-state index in [0.29, 0.717) is 6.10 Å². The molecule has 1 heterocycles. The maximum Gasteiger partial charge on any atom is 0.157 e. The standard InChI is InChI=1S/C13H25IO2/c1-2-3-4-7-12(9-10-14)16-13-8-5-6-11-15-13/h12-13H,2-11H2,1H3/t12-,13?/m1/s1. The lowest BCUT2D eigenvalue weighted by Crippen LogP contribution is -2.28. The Morgan fingerprint density at radius 3 is 2.81 bits per heavy atom. The van der Waals surface area contributed by atoms with Gasteiger partial charge in [-0.3, -0.25) is 0 Å². The van der Waals surface area contributed by atoms with E-state index in [-0.39, 0.29) is 6.29 Å². The van der Waals surface area contributed by atoms with E-state index < -0.39 is 0 Å². The molecule has 0 aliphatic carbocycles. The second kappa shape index (κ2) is 9.66. The van der Waals surface area contributed by atoms with E-state index in [4.69, 9.17) is 9.47 Å². The van der Waals surface area contributed by atoms with E-state index in [1.807, 2.05) is 0 Å². The minimum atomic E-state index is 0.0864. The lowest BCUT2D eigenvalue weighted by atomic mass is 10.1. The number of ether oxygens (including phenoxy) is 2. The molecule has 0 aromatic carbocycles. The van der Waals surface area contributed by atoms with Crippen LogP contribution >= 0.6 is 22.6 Å². The number of alkyl halides is 1. The third kappa shape index (κ3) is 6.40. The van der Waals surface area contributed by atoms with Crippen molar-refractivity contribution >= 4 is 22.6 Å². The van der Waals surface area contributed by atoms with Crippen LogP contribution in [-0.2, 0) is 9.47 Å². The van der Waals surface area contributed by atoms with Gasteiger partial charge in [0.05, 0.1) is 6.10 Å². The molecule has 0 bridgehead atoms. The normalized spacial score (nSPS) is 23.2. The van der Waals surface area contributed by atoms with E-state index in [2.05, 4.69) is 29.5 Å². The van der Waals surface area contributed by atoms with Gasteiger partial charge >= 0.3 is 0 Å². The quantitative estimate of drug-likeness (QED) is 0.373. The summed E-state index contributed by atoms with van der Waals surface area (Å²) in [6.07, 6.45) is 10.3. The summed E-state index contributed by atoms with van der Waals surface area (Å²) in [5.41, 5.74) is 0. The molecule has 1 saturated heterocycles. The molecular formula is C13H25IO2. The first kappa shape index (κ1) is 14.7. The molecule has 0 aromatic heterocycles. The van der Waals surface area contributed by atoms with Crippen molar-refractivity contribution in [3.63, 3.8) is 0 Å². The Bertz CT molecular complexity index is 158. The first-order chi connectivity index (χ1) is 7.86. The summed E-state index contributed by atoms with van der Waals surface area (Å²) in [4.78, 5) is 0. The van der Waals surface area contributed by atoms with Crippen LogP contribution in [0.1, 0.15) is 58.3 Å². The van der Waals surface area contributed by atoms with Crippen molar-refractivity contribution in [1.82, 2.24) is 0 Å². The van der Waals surface area contributed by atoms with Gasteiger partial charge < -0.3 is 9.47 Å². The van der Waals surface area contributed by atoms with Gasteiger partial charge in [0.25, 0.3) is 0 Å². The molecule has 16 heavy (non-hydrogen) atoms. The van der Waals surface area contributed by atoms with Crippen molar-refractivity contribution in [1.29, 1.82) is 0 Å². The number of halogens is 1. The fraction of sp³-hybridized carbons (Fsp3) is 1.00. The van der Waals surface area contributed by atoms with Gasteiger partial charge in [-0.25, -0.2) is 0 Å². The summed E-state index contributed by atoms with van der Waals surface area (Å²) < 4.78 is 12.9. The van der Waals surface area contributed by atoms with Gasteiger partial charge in [0.15, 0.2) is 6.29 Å². The van der Waals surface area contributed by atoms with Gasteiger partial charge in [0.1, 0.15) is 0 Å². The Morgan fingerprint density at radius 1 is 1.31 bits per heavy atom. The third-order valence-electron chi connectivity index (χ3n) is 3.04. The highest BCUT2D eigenvalue weighted by atomic mass is 127. The Hall–Kier alpha value is 0.650. The molecule has 0 saturated carbocycles. The van der Waals surface area contributed by atoms with Crippen molar-refractivity contribution < 1.29 is 9.47 Å². The smallest absolute Gasteiger partial charge is 0.157 e. The molecule has 1 fully saturated rings. The molecule has 3 heteroatoms. The van der Waals surface area contributed by atoms with Gasteiger partial charge in [-0.05, 0) is 32.1 Å². The van der Waals surface area contributed by atoms with Crippen molar-refractivity contribution in [3.8, 4) is 0 Å². The third-order valence-corrected chi connectivity index (χ3v) is 3.67. The van der Waals surface area contributed by atoms with Crippen LogP contribution < -0.4 is 0 Å². The van der Waals surface area contributed by atoms with Crippen molar-refractivity contribution in [2.75, 3.05) is 11.0 Å². The first-order valence-corrected chi connectivity index (χ1v) is 8.22. The van der Waals surface area contributed by atoms with Crippen molar-refractivity contribution in [3.05, 3.63) is 0 Å². The number of hydrogen-bond donors (Lipinski definition) is 0. The minimum absolute atomic E-state index is 0.0864. The summed E-state index contributed by atoms with van der Waals surface area (Å²) in [5.74, 6) is 0. The van der Waals surface area contributed by atoms with Crippen LogP contribution in [0.3, 0.4) is 0 Å². The largest absolute Gasteiger partial charge is 0.353 e. The molecule has 0 amide bonds. The van der Waals surface area contributed by atoms with Crippen LogP contribution in [0.2, 0.25) is 0 Å². The minimum Gasteiger partial charge on any atom is -0.353 e. The summed E-state index contributed by atoms with van der Waals surface area (Å²) in [5, 5.41) is 0. The average molecular weight is 340 g/mol. The molecular weight excluding hydrogens is 315 g/mol. The van der Waals surface area contributed by atoms with Crippen LogP contribution in [0.25, 0.3) is 0 Å². The average Bonchev–Trinajstić information content (AvgIpc) is 2.31. The van der Waals surface area contributed by atoms with Crippen LogP contribution in [0.5, 0.6) is 0 Å². The van der Waals surface area contributed by atoms with Gasteiger partial charge in [0.2, 0.25) is 0 Å². The van der Waals surface area contributed by atoms with E-state index >= 15 is 0 Å². The first-order valence-electron chi connectivity index (χ1n) is 6.69. The molecule has 1 aliphatic rings. The monoisotopic (exact) mass is 340 g/mol. The number of unbranched alkanes of at least 4 members (excludes halogenated alkanes) is 2. The van der Waals surface area contributed by atoms with E-state index in [9.17, 15) is 0 Å². The molecule has 96 valence electrons. The summed E-state index contributed by atoms with van der Waals surface area (Å²) >= 11 is 2.44. The Balaban J connectivity index is 2.19. The van der Waals surface area contributed by atoms with Crippen LogP contribution in [0.15, 0.2) is 0 Å². The van der Waals surface area contributed by atoms with Crippen LogP contribution in [0.4, 0.5) is 0 Å². The molecule has 1 unspecified atom stereocenters. The highest BCUT2D eigenvalue weighted by Crippen LogP contribution is 2.20. The molecule has 0 spiro atoms. The van der Waals surface area contributed by atoms with Crippen LogP contribution in [-0.4, -0.2) is 23.4 Å². The maximum absolute atomic E-state index is 6.05. The Labute approximate surface area is 114 Å². The topological polar surface area (TPSA) is 18.5 Å². The molecule has 2 nitrogen and oxygen atoms in total. The number of rotatable bonds is 8. The number of hydrogen-bond acceptors (Lipinski definition) is 2. The van der Waals surface area contributed by atoms with E-state index in [1.54, 1.807) is 0 Å². The zero-order chi connectivity index (χ0) is 11.6. The fourth-order valence-corrected chi connectivity index (χ4v) is 2.75. The molecule has 0 aromatic rings. The summed E-state index contributed by atoms with van der Waals surface area (Å²) in [6.45, 7) is 3.13. The Kier molecular flexibility index (Phi) is 8.88. The highest BCUT2D eigenvalue weighted by molar-refractivity contribution is 14.1. The molecule has 1 aliphatic heterocycles. The van der Waals surface area contributed by atoms with E-state index in [1.165, 1.54) is 49.4 Å². The van der Waals surface area contributed by atoms with Crippen molar-refractivity contribution in [2.45, 2.75) is 70.7 Å². The fourth-order valence-electron chi connectivity index (χ4n) is 2.06. The predicted octanol–water partition coefficient (Wildman–Crippen LogP) is 4.30. The lowest BCUT2D eigenvalue weighted by Gasteiger charge is -2.27. The van der Waals surface area contributed by atoms with Gasteiger partial charge in [-0.1, -0.05) is 48.8 Å². The van der Waals surface area contributed by atoms with Crippen LogP contribution in [0, 0.1) is 0 Å². The SMILES string of the molecule is CCCCC[C@H](CCI)OC1CCCCO1.